The molecule has 0 bridgehead atoms. The first-order valence-corrected chi connectivity index (χ1v) is 10.1. The second-order valence-corrected chi connectivity index (χ2v) is 7.42. The van der Waals surface area contributed by atoms with Crippen LogP contribution in [0.15, 0.2) is 54.1 Å². The molecular formula is C23H25FN4O3. The lowest BCUT2D eigenvalue weighted by atomic mass is 9.86. The summed E-state index contributed by atoms with van der Waals surface area (Å²) >= 11 is 0. The molecule has 0 aromatic carbocycles. The quantitative estimate of drug-likeness (QED) is 0.579. The van der Waals surface area contributed by atoms with Gasteiger partial charge in [-0.1, -0.05) is 25.2 Å². The second-order valence-electron chi connectivity index (χ2n) is 7.42. The first-order valence-electron chi connectivity index (χ1n) is 10.1. The number of halogens is 1. The summed E-state index contributed by atoms with van der Waals surface area (Å²) in [7, 11) is 0. The molecule has 0 amide bonds. The van der Waals surface area contributed by atoms with Gasteiger partial charge in [-0.15, -0.1) is 0 Å². The number of H-pyrrole nitrogens is 1. The number of aliphatic carboxylic acids is 1. The van der Waals surface area contributed by atoms with Crippen molar-refractivity contribution in [3.63, 3.8) is 0 Å². The highest BCUT2D eigenvalue weighted by molar-refractivity contribution is 5.86. The molecule has 1 fully saturated rings. The number of nitrogens with zero attached hydrogens (tertiary/aromatic N) is 2. The van der Waals surface area contributed by atoms with Crippen LogP contribution in [0.4, 0.5) is 10.3 Å². The van der Waals surface area contributed by atoms with Crippen LogP contribution in [-0.4, -0.2) is 32.1 Å². The molecule has 3 N–H and O–H groups in total. The van der Waals surface area contributed by atoms with Gasteiger partial charge in [0.25, 0.3) is 0 Å². The summed E-state index contributed by atoms with van der Waals surface area (Å²) in [5.74, 6) is -1.54. The van der Waals surface area contributed by atoms with Gasteiger partial charge in [0.2, 0.25) is 11.5 Å². The Balaban J connectivity index is 1.88. The molecule has 2 aromatic rings. The summed E-state index contributed by atoms with van der Waals surface area (Å²) in [4.78, 5) is 33.9. The number of aromatic amines is 1. The summed E-state index contributed by atoms with van der Waals surface area (Å²) in [5, 5.41) is 12.4. The minimum absolute atomic E-state index is 0.0856. The minimum Gasteiger partial charge on any atom is -0.481 e. The zero-order valence-electron chi connectivity index (χ0n) is 17.3. The maximum atomic E-state index is 14.6. The van der Waals surface area contributed by atoms with Gasteiger partial charge in [0, 0.05) is 18.3 Å². The third-order valence-corrected chi connectivity index (χ3v) is 5.32. The Morgan fingerprint density at radius 2 is 2.19 bits per heavy atom. The van der Waals surface area contributed by atoms with E-state index in [0.717, 1.165) is 19.0 Å². The lowest BCUT2D eigenvalue weighted by Gasteiger charge is -2.27. The number of anilines is 1. The predicted octanol–water partition coefficient (Wildman–Crippen LogP) is 4.03. The first kappa shape index (κ1) is 22.1. The molecule has 0 radical (unpaired) electrons. The van der Waals surface area contributed by atoms with Crippen molar-refractivity contribution < 1.29 is 14.3 Å². The molecule has 1 aliphatic carbocycles. The number of hydrogen-bond donors (Lipinski definition) is 3. The van der Waals surface area contributed by atoms with Gasteiger partial charge in [0.05, 0.1) is 12.1 Å². The molecule has 2 unspecified atom stereocenters. The SMILES string of the molecule is C=C/C(=C\C(=C/C)c1nc(NC2CCCC(C(=O)O)C2)ncc1F)c1cc[nH]c(=O)c1. The van der Waals surface area contributed by atoms with E-state index in [1.807, 2.05) is 0 Å². The normalized spacial score (nSPS) is 19.7. The highest BCUT2D eigenvalue weighted by Crippen LogP contribution is 2.28. The van der Waals surface area contributed by atoms with E-state index >= 15 is 0 Å². The molecule has 1 aliphatic rings. The summed E-state index contributed by atoms with van der Waals surface area (Å²) < 4.78 is 14.6. The van der Waals surface area contributed by atoms with Gasteiger partial charge in [-0.05, 0) is 55.0 Å². The zero-order chi connectivity index (χ0) is 22.4. The smallest absolute Gasteiger partial charge is 0.306 e. The van der Waals surface area contributed by atoms with E-state index in [2.05, 4.69) is 26.8 Å². The molecule has 0 spiro atoms. The molecular weight excluding hydrogens is 399 g/mol. The number of nitrogens with one attached hydrogen (secondary N) is 2. The van der Waals surface area contributed by atoms with Crippen molar-refractivity contribution in [2.24, 2.45) is 5.92 Å². The lowest BCUT2D eigenvalue weighted by molar-refractivity contribution is -0.142. The van der Waals surface area contributed by atoms with Crippen LogP contribution in [0.2, 0.25) is 0 Å². The molecule has 2 atom stereocenters. The molecule has 162 valence electrons. The van der Waals surface area contributed by atoms with Crippen LogP contribution in [0.5, 0.6) is 0 Å². The Hall–Kier alpha value is -3.55. The highest BCUT2D eigenvalue weighted by atomic mass is 19.1. The minimum atomic E-state index is -0.801. The van der Waals surface area contributed by atoms with Crippen LogP contribution < -0.4 is 10.9 Å². The molecule has 3 rings (SSSR count). The second kappa shape index (κ2) is 9.97. The van der Waals surface area contributed by atoms with Gasteiger partial charge in [0.1, 0.15) is 5.69 Å². The Bertz CT molecular complexity index is 1090. The number of carbonyl (C=O) groups is 1. The fourth-order valence-corrected chi connectivity index (χ4v) is 3.71. The van der Waals surface area contributed by atoms with Gasteiger partial charge in [-0.3, -0.25) is 9.59 Å². The third-order valence-electron chi connectivity index (χ3n) is 5.32. The number of carboxylic acids is 1. The molecule has 31 heavy (non-hydrogen) atoms. The Morgan fingerprint density at radius 3 is 2.87 bits per heavy atom. The van der Waals surface area contributed by atoms with E-state index in [4.69, 9.17) is 0 Å². The Morgan fingerprint density at radius 1 is 1.39 bits per heavy atom. The number of pyridine rings is 1. The van der Waals surface area contributed by atoms with Gasteiger partial charge in [-0.2, -0.15) is 0 Å². The summed E-state index contributed by atoms with van der Waals surface area (Å²) in [6.45, 7) is 5.55. The van der Waals surface area contributed by atoms with Crippen molar-refractivity contribution in [1.29, 1.82) is 0 Å². The van der Waals surface area contributed by atoms with Gasteiger partial charge in [-0.25, -0.2) is 14.4 Å². The van der Waals surface area contributed by atoms with E-state index in [9.17, 15) is 19.1 Å². The Kier molecular flexibility index (Phi) is 7.12. The van der Waals surface area contributed by atoms with E-state index in [0.29, 0.717) is 29.6 Å². The molecule has 0 aliphatic heterocycles. The van der Waals surface area contributed by atoms with Crippen molar-refractivity contribution in [3.05, 3.63) is 76.8 Å². The van der Waals surface area contributed by atoms with E-state index < -0.39 is 17.7 Å². The molecule has 1 saturated carbocycles. The average Bonchev–Trinajstić information content (AvgIpc) is 2.76. The van der Waals surface area contributed by atoms with Crippen LogP contribution in [0.3, 0.4) is 0 Å². The van der Waals surface area contributed by atoms with Crippen LogP contribution in [-0.2, 0) is 4.79 Å². The summed E-state index contributed by atoms with van der Waals surface area (Å²) in [6, 6.07) is 3.08. The predicted molar refractivity (Wildman–Crippen MR) is 118 cm³/mol. The van der Waals surface area contributed by atoms with Crippen LogP contribution in [0.25, 0.3) is 11.1 Å². The molecule has 7 nitrogen and oxygen atoms in total. The van der Waals surface area contributed by atoms with Crippen molar-refractivity contribution in [2.75, 3.05) is 5.32 Å². The van der Waals surface area contributed by atoms with Gasteiger partial charge in [0.15, 0.2) is 5.82 Å². The lowest BCUT2D eigenvalue weighted by Crippen LogP contribution is -2.31. The highest BCUT2D eigenvalue weighted by Gasteiger charge is 2.27. The molecule has 2 heterocycles. The van der Waals surface area contributed by atoms with Crippen molar-refractivity contribution >= 4 is 23.1 Å². The number of allylic oxidation sites excluding steroid dienone is 5. The number of rotatable bonds is 7. The monoisotopic (exact) mass is 424 g/mol. The Labute approximate surface area is 179 Å². The van der Waals surface area contributed by atoms with Crippen LogP contribution >= 0.6 is 0 Å². The number of hydrogen-bond acceptors (Lipinski definition) is 5. The van der Waals surface area contributed by atoms with Crippen molar-refractivity contribution in [2.45, 2.75) is 38.6 Å². The van der Waals surface area contributed by atoms with Crippen molar-refractivity contribution in [3.8, 4) is 0 Å². The van der Waals surface area contributed by atoms with E-state index in [-0.39, 0.29) is 23.2 Å². The fraction of sp³-hybridized carbons (Fsp3) is 0.304. The third kappa shape index (κ3) is 5.53. The zero-order valence-corrected chi connectivity index (χ0v) is 17.3. The maximum Gasteiger partial charge on any atom is 0.306 e. The van der Waals surface area contributed by atoms with Crippen LogP contribution in [0.1, 0.15) is 43.9 Å². The van der Waals surface area contributed by atoms with E-state index in [1.165, 1.54) is 12.3 Å². The summed E-state index contributed by atoms with van der Waals surface area (Å²) in [5.41, 5.74) is 1.65. The topological polar surface area (TPSA) is 108 Å². The standard InChI is InChI=1S/C23H25FN4O3/c1-3-14(16-8-9-25-20(29)12-16)10-15(4-2)21-19(24)13-26-23(28-21)27-18-7-5-6-17(11-18)22(30)31/h3-4,8-10,12-13,17-18H,1,5-7,11H2,2H3,(H,25,29)(H,30,31)(H,26,27,28)/b14-10+,15-4+. The number of carboxylic acid groups (broad SMARTS) is 1. The maximum absolute atomic E-state index is 14.6. The largest absolute Gasteiger partial charge is 0.481 e. The molecule has 8 heteroatoms. The number of aromatic nitrogens is 3. The summed E-state index contributed by atoms with van der Waals surface area (Å²) in [6.07, 6.45) is 10.4. The fourth-order valence-electron chi connectivity index (χ4n) is 3.71. The van der Waals surface area contributed by atoms with Gasteiger partial charge >= 0.3 is 5.97 Å². The van der Waals surface area contributed by atoms with Gasteiger partial charge < -0.3 is 15.4 Å². The first-order chi connectivity index (χ1) is 14.9. The van der Waals surface area contributed by atoms with E-state index in [1.54, 1.807) is 31.2 Å². The van der Waals surface area contributed by atoms with Crippen molar-refractivity contribution in [1.82, 2.24) is 15.0 Å². The molecule has 0 saturated heterocycles. The molecule has 2 aromatic heterocycles. The van der Waals surface area contributed by atoms with Crippen LogP contribution in [0, 0.1) is 11.7 Å². The average molecular weight is 424 g/mol.